The van der Waals surface area contributed by atoms with Crippen LogP contribution in [0.2, 0.25) is 0 Å². The van der Waals surface area contributed by atoms with E-state index in [2.05, 4.69) is 0 Å². The Morgan fingerprint density at radius 2 is 2.09 bits per heavy atom. The van der Waals surface area contributed by atoms with Gasteiger partial charge in [-0.3, -0.25) is 4.79 Å². The van der Waals surface area contributed by atoms with Crippen LogP contribution in [0, 0.1) is 0 Å². The average molecular weight is 156 g/mol. The second kappa shape index (κ2) is 3.32. The summed E-state index contributed by atoms with van der Waals surface area (Å²) >= 11 is 0. The van der Waals surface area contributed by atoms with Crippen LogP contribution in [0.15, 0.2) is 21.5 Å². The van der Waals surface area contributed by atoms with Crippen molar-refractivity contribution in [1.29, 1.82) is 0 Å². The number of hydrogen-bond acceptors (Lipinski definition) is 4. The number of hydrogen-bond donors (Lipinski definition) is 2. The number of aliphatic hydroxyl groups is 2. The molecule has 60 valence electrons. The van der Waals surface area contributed by atoms with Crippen molar-refractivity contribution in [1.82, 2.24) is 0 Å². The lowest BCUT2D eigenvalue weighted by atomic mass is 10.3. The molecule has 0 radical (unpaired) electrons. The van der Waals surface area contributed by atoms with Crippen LogP contribution in [0.1, 0.15) is 11.3 Å². The van der Waals surface area contributed by atoms with Crippen molar-refractivity contribution in [2.24, 2.45) is 0 Å². The third-order valence-corrected chi connectivity index (χ3v) is 1.29. The molecule has 0 saturated carbocycles. The van der Waals surface area contributed by atoms with Crippen molar-refractivity contribution in [2.45, 2.75) is 13.2 Å². The molecule has 0 aliphatic rings. The molecule has 0 aromatic carbocycles. The maximum atomic E-state index is 10.9. The first-order chi connectivity index (χ1) is 5.27. The fourth-order valence-corrected chi connectivity index (χ4v) is 0.676. The van der Waals surface area contributed by atoms with Crippen LogP contribution in [-0.4, -0.2) is 10.2 Å². The molecule has 4 heteroatoms. The van der Waals surface area contributed by atoms with Gasteiger partial charge in [-0.15, -0.1) is 0 Å². The summed E-state index contributed by atoms with van der Waals surface area (Å²) < 4.78 is 4.77. The van der Waals surface area contributed by atoms with E-state index in [0.717, 1.165) is 12.3 Å². The molecule has 0 unspecified atom stereocenters. The molecule has 1 aromatic heterocycles. The highest BCUT2D eigenvalue weighted by Gasteiger charge is 1.99. The zero-order chi connectivity index (χ0) is 8.27. The van der Waals surface area contributed by atoms with Crippen LogP contribution in [0.5, 0.6) is 0 Å². The van der Waals surface area contributed by atoms with E-state index in [1.54, 1.807) is 0 Å². The van der Waals surface area contributed by atoms with Gasteiger partial charge in [0.25, 0.3) is 0 Å². The van der Waals surface area contributed by atoms with Gasteiger partial charge in [0.2, 0.25) is 0 Å². The Kier molecular flexibility index (Phi) is 2.40. The molecule has 1 rings (SSSR count). The van der Waals surface area contributed by atoms with E-state index >= 15 is 0 Å². The summed E-state index contributed by atoms with van der Waals surface area (Å²) in [5.74, 6) is 0.201. The first-order valence-electron chi connectivity index (χ1n) is 3.10. The van der Waals surface area contributed by atoms with Crippen molar-refractivity contribution >= 4 is 0 Å². The lowest BCUT2D eigenvalue weighted by Gasteiger charge is -1.95. The summed E-state index contributed by atoms with van der Waals surface area (Å²) in [5.41, 5.74) is -0.120. The van der Waals surface area contributed by atoms with Crippen LogP contribution >= 0.6 is 0 Å². The van der Waals surface area contributed by atoms with Gasteiger partial charge in [-0.05, 0) is 0 Å². The number of rotatable bonds is 2. The van der Waals surface area contributed by atoms with Gasteiger partial charge in [0.1, 0.15) is 18.6 Å². The summed E-state index contributed by atoms with van der Waals surface area (Å²) in [5, 5.41) is 17.1. The highest BCUT2D eigenvalue weighted by molar-refractivity contribution is 5.09. The predicted octanol–water partition coefficient (Wildman–Crippen LogP) is -0.376. The molecular weight excluding hydrogens is 148 g/mol. The molecule has 0 aliphatic carbocycles. The molecular formula is C7H8O4. The quantitative estimate of drug-likeness (QED) is 0.612. The third kappa shape index (κ3) is 1.66. The molecule has 1 heterocycles. The van der Waals surface area contributed by atoms with E-state index in [4.69, 9.17) is 14.6 Å². The summed E-state index contributed by atoms with van der Waals surface area (Å²) in [6.07, 6.45) is 1.15. The van der Waals surface area contributed by atoms with Crippen molar-refractivity contribution in [3.63, 3.8) is 0 Å². The summed E-state index contributed by atoms with van der Waals surface area (Å²) in [4.78, 5) is 10.9. The van der Waals surface area contributed by atoms with Gasteiger partial charge in [0.05, 0.1) is 12.2 Å². The summed E-state index contributed by atoms with van der Waals surface area (Å²) in [6, 6.07) is 1.16. The molecule has 0 fully saturated rings. The van der Waals surface area contributed by atoms with Gasteiger partial charge in [-0.2, -0.15) is 0 Å². The zero-order valence-electron chi connectivity index (χ0n) is 5.78. The average Bonchev–Trinajstić information content (AvgIpc) is 2.04. The fraction of sp³-hybridized carbons (Fsp3) is 0.286. The molecule has 0 saturated heterocycles. The summed E-state index contributed by atoms with van der Waals surface area (Å²) in [6.45, 7) is -0.644. The second-order valence-electron chi connectivity index (χ2n) is 2.05. The Morgan fingerprint density at radius 1 is 1.36 bits per heavy atom. The van der Waals surface area contributed by atoms with E-state index in [1.165, 1.54) is 0 Å². The molecule has 0 bridgehead atoms. The van der Waals surface area contributed by atoms with Crippen molar-refractivity contribution in [3.05, 3.63) is 33.9 Å². The van der Waals surface area contributed by atoms with Crippen molar-refractivity contribution in [2.75, 3.05) is 0 Å². The molecule has 0 aliphatic heterocycles. The van der Waals surface area contributed by atoms with E-state index < -0.39 is 0 Å². The molecule has 0 spiro atoms. The van der Waals surface area contributed by atoms with Gasteiger partial charge in [0, 0.05) is 6.07 Å². The Bertz CT molecular complexity index is 289. The first-order valence-corrected chi connectivity index (χ1v) is 3.10. The SMILES string of the molecule is O=c1cc(CO)occ1CO. The van der Waals surface area contributed by atoms with E-state index in [9.17, 15) is 4.79 Å². The molecule has 2 N–H and O–H groups in total. The Balaban J connectivity index is 3.10. The van der Waals surface area contributed by atoms with Crippen LogP contribution in [0.3, 0.4) is 0 Å². The van der Waals surface area contributed by atoms with Crippen LogP contribution < -0.4 is 5.43 Å². The maximum Gasteiger partial charge on any atom is 0.190 e. The monoisotopic (exact) mass is 156 g/mol. The zero-order valence-corrected chi connectivity index (χ0v) is 5.78. The second-order valence-corrected chi connectivity index (χ2v) is 2.05. The van der Waals surface area contributed by atoms with E-state index in [-0.39, 0.29) is 30.0 Å². The minimum atomic E-state index is -0.339. The molecule has 1 aromatic rings. The van der Waals surface area contributed by atoms with E-state index in [0.29, 0.717) is 0 Å². The molecule has 0 atom stereocenters. The largest absolute Gasteiger partial charge is 0.466 e. The van der Waals surface area contributed by atoms with Gasteiger partial charge >= 0.3 is 0 Å². The Hall–Kier alpha value is -1.13. The van der Waals surface area contributed by atoms with Crippen LogP contribution in [0.4, 0.5) is 0 Å². The van der Waals surface area contributed by atoms with Gasteiger partial charge < -0.3 is 14.6 Å². The molecule has 0 amide bonds. The van der Waals surface area contributed by atoms with Crippen molar-refractivity contribution < 1.29 is 14.6 Å². The lowest BCUT2D eigenvalue weighted by Crippen LogP contribution is -2.07. The predicted molar refractivity (Wildman–Crippen MR) is 36.8 cm³/mol. The van der Waals surface area contributed by atoms with Gasteiger partial charge in [0.15, 0.2) is 5.43 Å². The maximum absolute atomic E-state index is 10.9. The first kappa shape index (κ1) is 7.97. The van der Waals surface area contributed by atoms with Gasteiger partial charge in [-0.1, -0.05) is 0 Å². The highest BCUT2D eigenvalue weighted by atomic mass is 16.4. The topological polar surface area (TPSA) is 70.7 Å². The van der Waals surface area contributed by atoms with Crippen molar-refractivity contribution in [3.8, 4) is 0 Å². The Labute approximate surface area is 62.7 Å². The third-order valence-electron chi connectivity index (χ3n) is 1.29. The smallest absolute Gasteiger partial charge is 0.190 e. The minimum absolute atomic E-state index is 0.196. The minimum Gasteiger partial charge on any atom is -0.466 e. The fourth-order valence-electron chi connectivity index (χ4n) is 0.676. The Morgan fingerprint density at radius 3 is 2.55 bits per heavy atom. The van der Waals surface area contributed by atoms with Crippen LogP contribution in [0.25, 0.3) is 0 Å². The standard InChI is InChI=1S/C7H8O4/c8-2-5-4-11-6(3-9)1-7(5)10/h1,4,8-9H,2-3H2. The van der Waals surface area contributed by atoms with E-state index in [1.807, 2.05) is 0 Å². The molecule has 4 nitrogen and oxygen atoms in total. The normalized spacial score (nSPS) is 10.0. The van der Waals surface area contributed by atoms with Gasteiger partial charge in [-0.25, -0.2) is 0 Å². The number of aliphatic hydroxyl groups excluding tert-OH is 2. The van der Waals surface area contributed by atoms with Crippen LogP contribution in [-0.2, 0) is 13.2 Å². The lowest BCUT2D eigenvalue weighted by molar-refractivity contribution is 0.238. The highest BCUT2D eigenvalue weighted by Crippen LogP contribution is 1.97. The summed E-state index contributed by atoms with van der Waals surface area (Å²) in [7, 11) is 0. The molecule has 11 heavy (non-hydrogen) atoms.